The van der Waals surface area contributed by atoms with Crippen LogP contribution in [0.25, 0.3) is 0 Å². The molecule has 1 aliphatic rings. The van der Waals surface area contributed by atoms with Crippen LogP contribution < -0.4 is 15.4 Å². The minimum atomic E-state index is -4.19. The maximum Gasteiger partial charge on any atom is 0.254 e. The van der Waals surface area contributed by atoms with Gasteiger partial charge in [0.1, 0.15) is 11.6 Å². The third kappa shape index (κ3) is 10.9. The lowest BCUT2D eigenvalue weighted by Gasteiger charge is -2.26. The number of likely N-dealkylation sites (tertiary alicyclic amines) is 1. The lowest BCUT2D eigenvalue weighted by molar-refractivity contribution is 0.0630. The number of carbonyl (C=O) groups excluding carboxylic acids is 2. The van der Waals surface area contributed by atoms with E-state index in [1.807, 2.05) is 24.3 Å². The van der Waals surface area contributed by atoms with E-state index in [0.29, 0.717) is 19.7 Å². The first-order valence-electron chi connectivity index (χ1n) is 16.8. The molecule has 1 unspecified atom stereocenters. The molecule has 0 spiro atoms. The number of methoxy groups -OCH3 is 1. The minimum absolute atomic E-state index is 0.00443. The number of nitrogens with zero attached hydrogens (tertiary/aromatic N) is 1. The third-order valence-corrected chi connectivity index (χ3v) is 10.1. The van der Waals surface area contributed by atoms with Crippen LogP contribution in [0.3, 0.4) is 0 Å². The van der Waals surface area contributed by atoms with Gasteiger partial charge in [-0.1, -0.05) is 31.2 Å². The largest absolute Gasteiger partial charge is 0.390 e. The van der Waals surface area contributed by atoms with Crippen LogP contribution >= 0.6 is 0 Å². The molecule has 4 rings (SSSR count). The molecule has 0 saturated carbocycles. The third-order valence-electron chi connectivity index (χ3n) is 8.40. The Morgan fingerprint density at radius 3 is 2.34 bits per heavy atom. The van der Waals surface area contributed by atoms with Gasteiger partial charge in [0.05, 0.1) is 29.7 Å². The summed E-state index contributed by atoms with van der Waals surface area (Å²) in [4.78, 5) is 29.0. The molecule has 1 aliphatic heterocycles. The fourth-order valence-electron chi connectivity index (χ4n) is 6.09. The Balaban J connectivity index is 1.66. The number of aliphatic hydroxyl groups is 1. The van der Waals surface area contributed by atoms with Gasteiger partial charge in [-0.05, 0) is 93.5 Å². The van der Waals surface area contributed by atoms with E-state index in [4.69, 9.17) is 4.74 Å². The van der Waals surface area contributed by atoms with Crippen LogP contribution in [-0.4, -0.2) is 80.8 Å². The lowest BCUT2D eigenvalue weighted by atomic mass is 9.99. The summed E-state index contributed by atoms with van der Waals surface area (Å²) in [6.45, 7) is 8.25. The van der Waals surface area contributed by atoms with Gasteiger partial charge in [-0.25, -0.2) is 21.9 Å². The van der Waals surface area contributed by atoms with E-state index in [9.17, 15) is 31.9 Å². The van der Waals surface area contributed by atoms with Gasteiger partial charge < -0.3 is 25.4 Å². The Hall–Kier alpha value is -3.75. The Labute approximate surface area is 293 Å². The van der Waals surface area contributed by atoms with Crippen molar-refractivity contribution in [2.24, 2.45) is 0 Å². The average molecular weight is 715 g/mol. The predicted octanol–water partition coefficient (Wildman–Crippen LogP) is 4.35. The van der Waals surface area contributed by atoms with Crippen molar-refractivity contribution in [1.29, 1.82) is 0 Å². The Kier molecular flexibility index (Phi) is 13.3. The Bertz CT molecular complexity index is 1740. The van der Waals surface area contributed by atoms with Crippen LogP contribution in [-0.2, 0) is 34.1 Å². The van der Waals surface area contributed by atoms with E-state index >= 15 is 0 Å². The monoisotopic (exact) mass is 714 g/mol. The number of carbonyl (C=O) groups is 2. The molecule has 10 nitrogen and oxygen atoms in total. The lowest BCUT2D eigenvalue weighted by Crippen LogP contribution is -2.48. The maximum atomic E-state index is 14.1. The van der Waals surface area contributed by atoms with Gasteiger partial charge in [-0.3, -0.25) is 9.59 Å². The number of hydrogen-bond donors (Lipinski definition) is 4. The van der Waals surface area contributed by atoms with Crippen molar-refractivity contribution < 1.29 is 36.6 Å². The number of benzene rings is 3. The van der Waals surface area contributed by atoms with Gasteiger partial charge in [-0.15, -0.1) is 0 Å². The number of ether oxygens (including phenoxy) is 1. The van der Waals surface area contributed by atoms with Crippen molar-refractivity contribution in [3.63, 3.8) is 0 Å². The summed E-state index contributed by atoms with van der Waals surface area (Å²) < 4.78 is 63.1. The number of aryl methyl sites for hydroxylation is 1. The quantitative estimate of drug-likeness (QED) is 0.184. The maximum absolute atomic E-state index is 14.1. The SMILES string of the molecule is CCc1cccc(CNC[C@@H](O)[C@H](Cc2cc(F)cc(F)c2)NC(=O)c2cc(C(=O)N3CCCC3COC)cc(S(=O)(=O)NC(C)(C)C)c2)c1. The zero-order valence-corrected chi connectivity index (χ0v) is 30.1. The molecule has 3 aromatic rings. The summed E-state index contributed by atoms with van der Waals surface area (Å²) in [6, 6.07) is 13.4. The number of halogens is 2. The molecule has 2 amide bonds. The van der Waals surface area contributed by atoms with Crippen LogP contribution in [0.4, 0.5) is 8.78 Å². The van der Waals surface area contributed by atoms with E-state index in [1.165, 1.54) is 25.3 Å². The highest BCUT2D eigenvalue weighted by Crippen LogP contribution is 2.24. The van der Waals surface area contributed by atoms with Crippen LogP contribution in [0, 0.1) is 11.6 Å². The summed E-state index contributed by atoms with van der Waals surface area (Å²) in [5.41, 5.74) is 1.34. The second-order valence-corrected chi connectivity index (χ2v) is 15.5. The highest BCUT2D eigenvalue weighted by Gasteiger charge is 2.32. The predicted molar refractivity (Wildman–Crippen MR) is 187 cm³/mol. The molecule has 3 atom stereocenters. The molecule has 1 heterocycles. The summed E-state index contributed by atoms with van der Waals surface area (Å²) >= 11 is 0. The second-order valence-electron chi connectivity index (χ2n) is 13.8. The molecule has 3 aromatic carbocycles. The fraction of sp³-hybridized carbons (Fsp3) is 0.459. The normalized spacial score (nSPS) is 16.3. The minimum Gasteiger partial charge on any atom is -0.390 e. The zero-order valence-electron chi connectivity index (χ0n) is 29.3. The van der Waals surface area contributed by atoms with E-state index in [0.717, 1.165) is 48.6 Å². The van der Waals surface area contributed by atoms with Crippen LogP contribution in [0.5, 0.6) is 0 Å². The van der Waals surface area contributed by atoms with E-state index in [-0.39, 0.29) is 40.6 Å². The van der Waals surface area contributed by atoms with E-state index < -0.39 is 51.2 Å². The molecule has 272 valence electrons. The Morgan fingerprint density at radius 1 is 1.00 bits per heavy atom. The van der Waals surface area contributed by atoms with Crippen LogP contribution in [0.1, 0.15) is 77.9 Å². The summed E-state index contributed by atoms with van der Waals surface area (Å²) in [7, 11) is -2.65. The van der Waals surface area contributed by atoms with Gasteiger partial charge in [0, 0.05) is 49.5 Å². The Morgan fingerprint density at radius 2 is 1.68 bits per heavy atom. The number of aliphatic hydroxyl groups excluding tert-OH is 1. The standard InChI is InChI=1S/C37H48F2N4O6S/c1-6-24-9-7-10-25(13-24)21-40-22-34(44)33(16-26-14-29(38)20-30(39)15-26)41-35(45)27-17-28(36(46)43-12-8-11-31(43)23-49-5)19-32(18-27)50(47,48)42-37(2,3)4/h7,9-10,13-15,17-20,31,33-34,40,42,44H,6,8,11-12,16,21-23H2,1-5H3,(H,41,45)/t31?,33-,34+/m0/s1. The molecule has 1 fully saturated rings. The molecule has 0 bridgehead atoms. The van der Waals surface area contributed by atoms with Crippen LogP contribution in [0.15, 0.2) is 65.6 Å². The zero-order chi connectivity index (χ0) is 36.6. The van der Waals surface area contributed by atoms with E-state index in [2.05, 4.69) is 22.3 Å². The van der Waals surface area contributed by atoms with Gasteiger partial charge in [-0.2, -0.15) is 0 Å². The average Bonchev–Trinajstić information content (AvgIpc) is 3.50. The van der Waals surface area contributed by atoms with E-state index in [1.54, 1.807) is 25.7 Å². The molecule has 1 saturated heterocycles. The molecule has 4 N–H and O–H groups in total. The number of nitrogens with one attached hydrogen (secondary N) is 3. The van der Waals surface area contributed by atoms with Crippen LogP contribution in [0.2, 0.25) is 0 Å². The van der Waals surface area contributed by atoms with Crippen molar-refractivity contribution >= 4 is 21.8 Å². The van der Waals surface area contributed by atoms with Crippen molar-refractivity contribution in [1.82, 2.24) is 20.3 Å². The van der Waals surface area contributed by atoms with Crippen molar-refractivity contribution in [2.45, 2.75) is 88.5 Å². The fourth-order valence-corrected chi connectivity index (χ4v) is 7.58. The summed E-state index contributed by atoms with van der Waals surface area (Å²) in [6.07, 6.45) is 0.956. The van der Waals surface area contributed by atoms with Crippen molar-refractivity contribution in [3.8, 4) is 0 Å². The van der Waals surface area contributed by atoms with Gasteiger partial charge in [0.15, 0.2) is 0 Å². The molecule has 0 aliphatic carbocycles. The first kappa shape index (κ1) is 39.0. The van der Waals surface area contributed by atoms with Crippen molar-refractivity contribution in [3.05, 3.63) is 100 Å². The molecule has 0 aromatic heterocycles. The second kappa shape index (κ2) is 17.0. The molecule has 13 heteroatoms. The van der Waals surface area contributed by atoms with Gasteiger partial charge >= 0.3 is 0 Å². The summed E-state index contributed by atoms with van der Waals surface area (Å²) in [5.74, 6) is -2.85. The number of amides is 2. The summed E-state index contributed by atoms with van der Waals surface area (Å²) in [5, 5.41) is 17.2. The van der Waals surface area contributed by atoms with Gasteiger partial charge in [0.2, 0.25) is 10.0 Å². The van der Waals surface area contributed by atoms with Crippen molar-refractivity contribution in [2.75, 3.05) is 26.8 Å². The first-order valence-corrected chi connectivity index (χ1v) is 18.3. The smallest absolute Gasteiger partial charge is 0.254 e. The molecular weight excluding hydrogens is 666 g/mol. The molecular formula is C37H48F2N4O6S. The number of rotatable bonds is 15. The topological polar surface area (TPSA) is 137 Å². The highest BCUT2D eigenvalue weighted by atomic mass is 32.2. The van der Waals surface area contributed by atoms with Gasteiger partial charge in [0.25, 0.3) is 11.8 Å². The number of sulfonamides is 1. The number of hydrogen-bond acceptors (Lipinski definition) is 7. The first-order chi connectivity index (χ1) is 23.6. The highest BCUT2D eigenvalue weighted by molar-refractivity contribution is 7.89. The molecule has 0 radical (unpaired) electrons. The molecule has 50 heavy (non-hydrogen) atoms.